The third kappa shape index (κ3) is 5.53. The lowest BCUT2D eigenvalue weighted by Crippen LogP contribution is -2.44. The molecule has 2 rings (SSSR count). The van der Waals surface area contributed by atoms with Gasteiger partial charge < -0.3 is 24.8 Å². The number of aliphatic imine (C=N–C) groups is 1. The first-order chi connectivity index (χ1) is 12.3. The van der Waals surface area contributed by atoms with Crippen molar-refractivity contribution in [3.05, 3.63) is 23.8 Å². The maximum Gasteiger partial charge on any atom is 0.191 e. The van der Waals surface area contributed by atoms with Crippen LogP contribution in [-0.4, -0.2) is 51.5 Å². The number of methoxy groups -OCH3 is 1. The minimum absolute atomic E-state index is 0.0944. The number of hydrogen-bond donors (Lipinski definition) is 2. The fourth-order valence-corrected chi connectivity index (χ4v) is 2.55. The molecule has 0 atom stereocenters. The van der Waals surface area contributed by atoms with E-state index in [0.29, 0.717) is 19.8 Å². The SMILES string of the molecule is CCNC(=NCC(C)(C)OC)NCC(C)(C)c1ccc2c(c1)OCCO2. The van der Waals surface area contributed by atoms with Gasteiger partial charge in [0.25, 0.3) is 0 Å². The number of fused-ring (bicyclic) bond motifs is 1. The van der Waals surface area contributed by atoms with Crippen LogP contribution in [0.25, 0.3) is 0 Å². The van der Waals surface area contributed by atoms with Crippen molar-refractivity contribution >= 4 is 5.96 Å². The summed E-state index contributed by atoms with van der Waals surface area (Å²) in [6.45, 7) is 13.9. The molecule has 1 aliphatic rings. The van der Waals surface area contributed by atoms with Crippen molar-refractivity contribution in [1.29, 1.82) is 0 Å². The molecule has 0 saturated heterocycles. The molecule has 146 valence electrons. The van der Waals surface area contributed by atoms with Gasteiger partial charge in [0.2, 0.25) is 0 Å². The molecular formula is C20H33N3O3. The Labute approximate surface area is 157 Å². The van der Waals surface area contributed by atoms with Crippen LogP contribution in [0.3, 0.4) is 0 Å². The van der Waals surface area contributed by atoms with Crippen LogP contribution in [0.1, 0.15) is 40.2 Å². The second kappa shape index (κ2) is 8.62. The molecule has 1 aromatic rings. The molecule has 1 aliphatic heterocycles. The number of nitrogens with one attached hydrogen (secondary N) is 2. The normalized spacial score (nSPS) is 14.9. The summed E-state index contributed by atoms with van der Waals surface area (Å²) in [5.41, 5.74) is 0.818. The summed E-state index contributed by atoms with van der Waals surface area (Å²) in [7, 11) is 1.71. The second-order valence-corrected chi connectivity index (χ2v) is 7.75. The van der Waals surface area contributed by atoms with E-state index in [0.717, 1.165) is 30.5 Å². The first kappa shape index (κ1) is 20.4. The quantitative estimate of drug-likeness (QED) is 0.576. The minimum Gasteiger partial charge on any atom is -0.486 e. The number of guanidine groups is 1. The molecule has 0 saturated carbocycles. The van der Waals surface area contributed by atoms with E-state index in [4.69, 9.17) is 14.2 Å². The third-order valence-electron chi connectivity index (χ3n) is 4.54. The van der Waals surface area contributed by atoms with Crippen LogP contribution in [0.5, 0.6) is 11.5 Å². The van der Waals surface area contributed by atoms with Gasteiger partial charge in [-0.3, -0.25) is 4.99 Å². The maximum absolute atomic E-state index is 5.72. The first-order valence-electron chi connectivity index (χ1n) is 9.25. The van der Waals surface area contributed by atoms with Gasteiger partial charge in [-0.2, -0.15) is 0 Å². The van der Waals surface area contributed by atoms with Crippen LogP contribution < -0.4 is 20.1 Å². The molecular weight excluding hydrogens is 330 g/mol. The van der Waals surface area contributed by atoms with Gasteiger partial charge in [-0.25, -0.2) is 0 Å². The van der Waals surface area contributed by atoms with Crippen molar-refractivity contribution in [3.8, 4) is 11.5 Å². The highest BCUT2D eigenvalue weighted by atomic mass is 16.6. The molecule has 0 aromatic heterocycles. The fraction of sp³-hybridized carbons (Fsp3) is 0.650. The van der Waals surface area contributed by atoms with Crippen molar-refractivity contribution in [2.45, 2.75) is 45.6 Å². The summed E-state index contributed by atoms with van der Waals surface area (Å²) in [5.74, 6) is 2.44. The average molecular weight is 364 g/mol. The number of benzene rings is 1. The van der Waals surface area contributed by atoms with Gasteiger partial charge in [0.1, 0.15) is 13.2 Å². The molecule has 0 bridgehead atoms. The van der Waals surface area contributed by atoms with Gasteiger partial charge in [0.15, 0.2) is 17.5 Å². The molecule has 6 nitrogen and oxygen atoms in total. The molecule has 6 heteroatoms. The number of ether oxygens (including phenoxy) is 3. The van der Waals surface area contributed by atoms with E-state index < -0.39 is 0 Å². The maximum atomic E-state index is 5.72. The van der Waals surface area contributed by atoms with E-state index >= 15 is 0 Å². The topological polar surface area (TPSA) is 64.1 Å². The number of rotatable bonds is 7. The molecule has 1 aromatic carbocycles. The zero-order valence-electron chi connectivity index (χ0n) is 16.9. The van der Waals surface area contributed by atoms with Crippen molar-refractivity contribution in [2.24, 2.45) is 4.99 Å². The fourth-order valence-electron chi connectivity index (χ4n) is 2.55. The van der Waals surface area contributed by atoms with Crippen molar-refractivity contribution in [3.63, 3.8) is 0 Å². The Bertz CT molecular complexity index is 627. The summed E-state index contributed by atoms with van der Waals surface area (Å²) in [5, 5.41) is 6.74. The first-order valence-corrected chi connectivity index (χ1v) is 9.25. The van der Waals surface area contributed by atoms with Gasteiger partial charge in [-0.15, -0.1) is 0 Å². The van der Waals surface area contributed by atoms with Gasteiger partial charge in [0.05, 0.1) is 12.1 Å². The van der Waals surface area contributed by atoms with Crippen LogP contribution in [0.4, 0.5) is 0 Å². The monoisotopic (exact) mass is 363 g/mol. The number of nitrogens with zero attached hydrogens (tertiary/aromatic N) is 1. The summed E-state index contributed by atoms with van der Waals surface area (Å²) >= 11 is 0. The van der Waals surface area contributed by atoms with Gasteiger partial charge in [0, 0.05) is 25.6 Å². The van der Waals surface area contributed by atoms with E-state index in [2.05, 4.69) is 48.5 Å². The lowest BCUT2D eigenvalue weighted by molar-refractivity contribution is 0.0310. The molecule has 2 N–H and O–H groups in total. The largest absolute Gasteiger partial charge is 0.486 e. The Hall–Kier alpha value is -1.95. The van der Waals surface area contributed by atoms with Gasteiger partial charge >= 0.3 is 0 Å². The zero-order valence-corrected chi connectivity index (χ0v) is 16.9. The molecule has 0 spiro atoms. The Morgan fingerprint density at radius 1 is 1.12 bits per heavy atom. The van der Waals surface area contributed by atoms with E-state index in [1.807, 2.05) is 19.9 Å². The summed E-state index contributed by atoms with van der Waals surface area (Å²) in [4.78, 5) is 4.65. The minimum atomic E-state index is -0.284. The van der Waals surface area contributed by atoms with E-state index in [9.17, 15) is 0 Å². The van der Waals surface area contributed by atoms with Crippen molar-refractivity contribution in [1.82, 2.24) is 10.6 Å². The number of hydrogen-bond acceptors (Lipinski definition) is 4. The highest BCUT2D eigenvalue weighted by Crippen LogP contribution is 2.34. The van der Waals surface area contributed by atoms with Crippen LogP contribution in [0.2, 0.25) is 0 Å². The molecule has 0 radical (unpaired) electrons. The standard InChI is InChI=1S/C20H33N3O3/c1-7-21-18(23-14-20(4,5)24-6)22-13-19(2,3)15-8-9-16-17(12-15)26-11-10-25-16/h8-9,12H,7,10-11,13-14H2,1-6H3,(H2,21,22,23). The lowest BCUT2D eigenvalue weighted by Gasteiger charge is -2.29. The predicted octanol–water partition coefficient (Wildman–Crippen LogP) is 2.72. The highest BCUT2D eigenvalue weighted by Gasteiger charge is 2.24. The van der Waals surface area contributed by atoms with Crippen LogP contribution in [0.15, 0.2) is 23.2 Å². The van der Waals surface area contributed by atoms with Gasteiger partial charge in [-0.05, 0) is 38.5 Å². The van der Waals surface area contributed by atoms with Crippen LogP contribution >= 0.6 is 0 Å². The molecule has 0 unspecified atom stereocenters. The average Bonchev–Trinajstić information content (AvgIpc) is 2.63. The molecule has 0 fully saturated rings. The Morgan fingerprint density at radius 3 is 2.46 bits per heavy atom. The zero-order chi connectivity index (χ0) is 19.2. The van der Waals surface area contributed by atoms with E-state index in [1.165, 1.54) is 5.56 Å². The van der Waals surface area contributed by atoms with Crippen molar-refractivity contribution in [2.75, 3.05) is 40.0 Å². The third-order valence-corrected chi connectivity index (χ3v) is 4.54. The van der Waals surface area contributed by atoms with Crippen LogP contribution in [-0.2, 0) is 10.2 Å². The smallest absolute Gasteiger partial charge is 0.191 e. The van der Waals surface area contributed by atoms with Crippen molar-refractivity contribution < 1.29 is 14.2 Å². The lowest BCUT2D eigenvalue weighted by atomic mass is 9.84. The molecule has 0 amide bonds. The second-order valence-electron chi connectivity index (χ2n) is 7.75. The predicted molar refractivity (Wildman–Crippen MR) is 106 cm³/mol. The Kier molecular flexibility index (Phi) is 6.75. The highest BCUT2D eigenvalue weighted by molar-refractivity contribution is 5.79. The van der Waals surface area contributed by atoms with Gasteiger partial charge in [-0.1, -0.05) is 19.9 Å². The summed E-state index contributed by atoms with van der Waals surface area (Å²) < 4.78 is 16.8. The summed E-state index contributed by atoms with van der Waals surface area (Å²) in [6.07, 6.45) is 0. The Balaban J connectivity index is 2.05. The van der Waals surface area contributed by atoms with Crippen LogP contribution in [0, 0.1) is 0 Å². The molecule has 1 heterocycles. The van der Waals surface area contributed by atoms with E-state index in [-0.39, 0.29) is 11.0 Å². The Morgan fingerprint density at radius 2 is 1.81 bits per heavy atom. The van der Waals surface area contributed by atoms with E-state index in [1.54, 1.807) is 7.11 Å². The molecule has 26 heavy (non-hydrogen) atoms. The molecule has 0 aliphatic carbocycles. The summed E-state index contributed by atoms with van der Waals surface area (Å²) in [6, 6.07) is 6.17.